The Labute approximate surface area is 200 Å². The number of nitrogens with one attached hydrogen (secondary N) is 1. The summed E-state index contributed by atoms with van der Waals surface area (Å²) in [6, 6.07) is 23.6. The van der Waals surface area contributed by atoms with Gasteiger partial charge in [0.25, 0.3) is 0 Å². The Bertz CT molecular complexity index is 1100. The molecule has 2 amide bonds. The molecular weight excluding hydrogens is 428 g/mol. The van der Waals surface area contributed by atoms with Crippen LogP contribution in [0.1, 0.15) is 22.7 Å². The van der Waals surface area contributed by atoms with Crippen molar-refractivity contribution in [1.82, 2.24) is 10.2 Å². The van der Waals surface area contributed by atoms with Crippen molar-refractivity contribution in [3.05, 3.63) is 108 Å². The molecule has 0 bridgehead atoms. The van der Waals surface area contributed by atoms with Gasteiger partial charge in [0.05, 0.1) is 20.6 Å². The summed E-state index contributed by atoms with van der Waals surface area (Å²) in [5.74, 6) is 0.693. The van der Waals surface area contributed by atoms with E-state index < -0.39 is 6.04 Å². The second-order valence-electron chi connectivity index (χ2n) is 7.72. The zero-order valence-electron chi connectivity index (χ0n) is 19.6. The molecule has 0 saturated heterocycles. The van der Waals surface area contributed by atoms with Gasteiger partial charge in [0.15, 0.2) is 11.5 Å². The molecule has 0 saturated carbocycles. The van der Waals surface area contributed by atoms with Gasteiger partial charge in [0, 0.05) is 13.1 Å². The van der Waals surface area contributed by atoms with Crippen molar-refractivity contribution in [1.29, 1.82) is 0 Å². The third-order valence-corrected chi connectivity index (χ3v) is 5.42. The quantitative estimate of drug-likeness (QED) is 0.435. The van der Waals surface area contributed by atoms with E-state index in [0.717, 1.165) is 16.7 Å². The highest BCUT2D eigenvalue weighted by molar-refractivity contribution is 5.89. The van der Waals surface area contributed by atoms with Crippen molar-refractivity contribution >= 4 is 11.8 Å². The number of ether oxygens (including phenoxy) is 2. The van der Waals surface area contributed by atoms with Gasteiger partial charge >= 0.3 is 0 Å². The predicted molar refractivity (Wildman–Crippen MR) is 133 cm³/mol. The minimum atomic E-state index is -0.797. The second-order valence-corrected chi connectivity index (χ2v) is 7.72. The number of carbonyl (C=O) groups is 2. The normalized spacial score (nSPS) is 11.2. The van der Waals surface area contributed by atoms with E-state index in [1.54, 1.807) is 37.3 Å². The van der Waals surface area contributed by atoms with E-state index in [0.29, 0.717) is 18.0 Å². The lowest BCUT2D eigenvalue weighted by molar-refractivity contribution is -0.141. The summed E-state index contributed by atoms with van der Waals surface area (Å²) in [5, 5.41) is 2.86. The molecule has 0 fully saturated rings. The van der Waals surface area contributed by atoms with E-state index in [1.807, 2.05) is 66.7 Å². The number of rotatable bonds is 11. The molecule has 0 aliphatic carbocycles. The monoisotopic (exact) mass is 458 g/mol. The summed E-state index contributed by atoms with van der Waals surface area (Å²) < 4.78 is 10.7. The fraction of sp³-hybridized carbons (Fsp3) is 0.214. The summed E-state index contributed by atoms with van der Waals surface area (Å²) >= 11 is 0. The molecular formula is C28H30N2O4. The maximum Gasteiger partial charge on any atom is 0.247 e. The molecule has 1 unspecified atom stereocenters. The van der Waals surface area contributed by atoms with Crippen LogP contribution in [0, 0.1) is 0 Å². The highest BCUT2D eigenvalue weighted by Crippen LogP contribution is 2.29. The molecule has 0 radical (unpaired) electrons. The van der Waals surface area contributed by atoms with Crippen molar-refractivity contribution in [3.63, 3.8) is 0 Å². The topological polar surface area (TPSA) is 67.9 Å². The van der Waals surface area contributed by atoms with Crippen LogP contribution in [0.2, 0.25) is 0 Å². The summed E-state index contributed by atoms with van der Waals surface area (Å²) in [4.78, 5) is 28.6. The first-order valence-electron chi connectivity index (χ1n) is 11.0. The van der Waals surface area contributed by atoms with Crippen LogP contribution < -0.4 is 14.8 Å². The van der Waals surface area contributed by atoms with Crippen LogP contribution in [-0.4, -0.2) is 37.5 Å². The molecule has 0 aliphatic rings. The van der Waals surface area contributed by atoms with E-state index in [1.165, 1.54) is 0 Å². The van der Waals surface area contributed by atoms with Gasteiger partial charge in [-0.15, -0.1) is 6.58 Å². The average Bonchev–Trinajstić information content (AvgIpc) is 2.88. The zero-order valence-corrected chi connectivity index (χ0v) is 19.6. The Hall–Kier alpha value is -4.06. The van der Waals surface area contributed by atoms with Crippen molar-refractivity contribution in [3.8, 4) is 11.5 Å². The Balaban J connectivity index is 1.99. The molecule has 176 valence electrons. The summed E-state index contributed by atoms with van der Waals surface area (Å²) in [6.45, 7) is 4.28. The lowest BCUT2D eigenvalue weighted by Gasteiger charge is -2.31. The van der Waals surface area contributed by atoms with Crippen molar-refractivity contribution in [2.45, 2.75) is 19.0 Å². The number of carbonyl (C=O) groups excluding carboxylic acids is 2. The van der Waals surface area contributed by atoms with Crippen molar-refractivity contribution in [2.75, 3.05) is 20.8 Å². The number of methoxy groups -OCH3 is 2. The maximum atomic E-state index is 13.7. The first-order chi connectivity index (χ1) is 16.6. The lowest BCUT2D eigenvalue weighted by atomic mass is 10.0. The average molecular weight is 459 g/mol. The summed E-state index contributed by atoms with van der Waals surface area (Å²) in [5.41, 5.74) is 2.43. The van der Waals surface area contributed by atoms with Gasteiger partial charge in [-0.3, -0.25) is 9.59 Å². The Morgan fingerprint density at radius 2 is 1.56 bits per heavy atom. The van der Waals surface area contributed by atoms with E-state index in [-0.39, 0.29) is 24.8 Å². The Kier molecular flexibility index (Phi) is 8.86. The minimum Gasteiger partial charge on any atom is -0.493 e. The fourth-order valence-corrected chi connectivity index (χ4v) is 3.75. The number of benzene rings is 3. The Morgan fingerprint density at radius 3 is 2.18 bits per heavy atom. The van der Waals surface area contributed by atoms with Crippen molar-refractivity contribution in [2.24, 2.45) is 0 Å². The standard InChI is InChI=1S/C28H30N2O4/c1-4-17-29-28(32)27(23-13-9-6-10-14-23)30(20-21-11-7-5-8-12-21)26(31)19-22-15-16-24(33-2)25(18-22)34-3/h4-16,18,27H,1,17,19-20H2,2-3H3,(H,29,32). The molecule has 0 aliphatic heterocycles. The molecule has 0 heterocycles. The summed E-state index contributed by atoms with van der Waals surface area (Å²) in [7, 11) is 3.12. The van der Waals surface area contributed by atoms with Crippen LogP contribution in [0.25, 0.3) is 0 Å². The SMILES string of the molecule is C=CCNC(=O)C(c1ccccc1)N(Cc1ccccc1)C(=O)Cc1ccc(OC)c(OC)c1. The van der Waals surface area contributed by atoms with Crippen LogP contribution in [0.4, 0.5) is 0 Å². The molecule has 0 spiro atoms. The molecule has 3 aromatic rings. The number of hydrogen-bond donors (Lipinski definition) is 1. The van der Waals surface area contributed by atoms with Gasteiger partial charge in [-0.05, 0) is 28.8 Å². The van der Waals surface area contributed by atoms with Crippen LogP contribution in [0.3, 0.4) is 0 Å². The van der Waals surface area contributed by atoms with E-state index >= 15 is 0 Å². The van der Waals surface area contributed by atoms with Crippen LogP contribution >= 0.6 is 0 Å². The lowest BCUT2D eigenvalue weighted by Crippen LogP contribution is -2.44. The fourth-order valence-electron chi connectivity index (χ4n) is 3.75. The smallest absolute Gasteiger partial charge is 0.247 e. The molecule has 1 N–H and O–H groups in total. The number of amides is 2. The zero-order chi connectivity index (χ0) is 24.3. The first kappa shape index (κ1) is 24.6. The largest absolute Gasteiger partial charge is 0.493 e. The van der Waals surface area contributed by atoms with Gasteiger partial charge in [-0.1, -0.05) is 72.8 Å². The van der Waals surface area contributed by atoms with Gasteiger partial charge in [0.2, 0.25) is 11.8 Å². The predicted octanol–water partition coefficient (Wildman–Crippen LogP) is 4.32. The molecule has 1 atom stereocenters. The first-order valence-corrected chi connectivity index (χ1v) is 11.0. The third kappa shape index (κ3) is 6.25. The van der Waals surface area contributed by atoms with E-state index in [4.69, 9.17) is 9.47 Å². The molecule has 3 rings (SSSR count). The molecule has 34 heavy (non-hydrogen) atoms. The third-order valence-electron chi connectivity index (χ3n) is 5.42. The minimum absolute atomic E-state index is 0.102. The van der Waals surface area contributed by atoms with Crippen LogP contribution in [0.15, 0.2) is 91.5 Å². The van der Waals surface area contributed by atoms with Gasteiger partial charge in [0.1, 0.15) is 6.04 Å². The number of hydrogen-bond acceptors (Lipinski definition) is 4. The second kappa shape index (κ2) is 12.3. The van der Waals surface area contributed by atoms with E-state index in [9.17, 15) is 9.59 Å². The van der Waals surface area contributed by atoms with E-state index in [2.05, 4.69) is 11.9 Å². The molecule has 0 aromatic heterocycles. The van der Waals surface area contributed by atoms with Gasteiger partial charge in [-0.2, -0.15) is 0 Å². The highest BCUT2D eigenvalue weighted by atomic mass is 16.5. The summed E-state index contributed by atoms with van der Waals surface area (Å²) in [6.07, 6.45) is 1.72. The molecule has 6 heteroatoms. The van der Waals surface area contributed by atoms with Crippen LogP contribution in [-0.2, 0) is 22.6 Å². The Morgan fingerprint density at radius 1 is 0.912 bits per heavy atom. The van der Waals surface area contributed by atoms with Gasteiger partial charge in [-0.25, -0.2) is 0 Å². The molecule has 6 nitrogen and oxygen atoms in total. The van der Waals surface area contributed by atoms with Crippen molar-refractivity contribution < 1.29 is 19.1 Å². The van der Waals surface area contributed by atoms with Crippen LogP contribution in [0.5, 0.6) is 11.5 Å². The number of nitrogens with zero attached hydrogens (tertiary/aromatic N) is 1. The molecule has 3 aromatic carbocycles. The van der Waals surface area contributed by atoms with Gasteiger partial charge < -0.3 is 19.7 Å². The maximum absolute atomic E-state index is 13.7. The highest BCUT2D eigenvalue weighted by Gasteiger charge is 2.31.